The SMILES string of the molecule is Cc1nc([N+](=O)[O-])nn1C12C[C@@H]3C[C@@H](CC(Cl)(C3)C1)C2. The first-order chi connectivity index (χ1) is 9.39. The topological polar surface area (TPSA) is 73.8 Å². The molecule has 0 aromatic carbocycles. The predicted molar refractivity (Wildman–Crippen MR) is 72.7 cm³/mol. The first-order valence-corrected chi connectivity index (χ1v) is 7.54. The molecule has 4 aliphatic carbocycles. The summed E-state index contributed by atoms with van der Waals surface area (Å²) in [4.78, 5) is 14.3. The minimum atomic E-state index is -0.513. The molecule has 1 aromatic heterocycles. The summed E-state index contributed by atoms with van der Waals surface area (Å²) in [5.41, 5.74) is -0.142. The van der Waals surface area contributed by atoms with Crippen LogP contribution in [0, 0.1) is 28.9 Å². The van der Waals surface area contributed by atoms with Crippen molar-refractivity contribution in [2.75, 3.05) is 0 Å². The summed E-state index contributed by atoms with van der Waals surface area (Å²) >= 11 is 6.80. The van der Waals surface area contributed by atoms with E-state index in [4.69, 9.17) is 11.6 Å². The molecule has 0 radical (unpaired) electrons. The zero-order valence-corrected chi connectivity index (χ0v) is 12.1. The Kier molecular flexibility index (Phi) is 2.34. The summed E-state index contributed by atoms with van der Waals surface area (Å²) in [6.07, 6.45) is 6.38. The van der Waals surface area contributed by atoms with Gasteiger partial charge >= 0.3 is 5.95 Å². The number of nitrogens with zero attached hydrogens (tertiary/aromatic N) is 4. The van der Waals surface area contributed by atoms with E-state index in [0.717, 1.165) is 32.1 Å². The van der Waals surface area contributed by atoms with Gasteiger partial charge in [0.25, 0.3) is 0 Å². The molecule has 1 aromatic rings. The molecule has 1 heterocycles. The summed E-state index contributed by atoms with van der Waals surface area (Å²) in [6.45, 7) is 1.81. The second-order valence-corrected chi connectivity index (χ2v) is 7.77. The van der Waals surface area contributed by atoms with Crippen molar-refractivity contribution in [1.82, 2.24) is 14.8 Å². The zero-order chi connectivity index (χ0) is 14.1. The van der Waals surface area contributed by atoms with Crippen molar-refractivity contribution in [2.45, 2.75) is 55.9 Å². The molecular formula is C13H17ClN4O2. The minimum absolute atomic E-state index is 0.128. The Hall–Kier alpha value is -1.17. The van der Waals surface area contributed by atoms with Gasteiger partial charge in [0.2, 0.25) is 5.82 Å². The fourth-order valence-electron chi connectivity index (χ4n) is 5.25. The number of nitro groups is 1. The van der Waals surface area contributed by atoms with Crippen molar-refractivity contribution < 1.29 is 4.92 Å². The van der Waals surface area contributed by atoms with E-state index < -0.39 is 4.92 Å². The van der Waals surface area contributed by atoms with E-state index in [1.165, 1.54) is 6.42 Å². The maximum absolute atomic E-state index is 10.9. The molecule has 4 aliphatic rings. The van der Waals surface area contributed by atoms with Gasteiger partial charge in [-0.15, -0.1) is 11.6 Å². The van der Waals surface area contributed by atoms with E-state index in [1.54, 1.807) is 6.92 Å². The maximum atomic E-state index is 10.9. The number of aromatic nitrogens is 3. The number of hydrogen-bond donors (Lipinski definition) is 0. The normalized spacial score (nSPS) is 42.1. The van der Waals surface area contributed by atoms with Gasteiger partial charge in [0.15, 0.2) is 0 Å². The Bertz CT molecular complexity index is 585. The van der Waals surface area contributed by atoms with Crippen molar-refractivity contribution in [3.8, 4) is 0 Å². The van der Waals surface area contributed by atoms with E-state index in [-0.39, 0.29) is 16.4 Å². The molecule has 0 N–H and O–H groups in total. The third kappa shape index (κ3) is 1.63. The molecule has 4 bridgehead atoms. The summed E-state index contributed by atoms with van der Waals surface area (Å²) < 4.78 is 1.82. The van der Waals surface area contributed by atoms with Crippen LogP contribution in [0.1, 0.15) is 44.3 Å². The number of aryl methyl sites for hydroxylation is 1. The van der Waals surface area contributed by atoms with Crippen LogP contribution in [-0.2, 0) is 5.54 Å². The fraction of sp³-hybridized carbons (Fsp3) is 0.846. The van der Waals surface area contributed by atoms with E-state index >= 15 is 0 Å². The van der Waals surface area contributed by atoms with Gasteiger partial charge in [0.1, 0.15) is 0 Å². The molecule has 4 saturated carbocycles. The van der Waals surface area contributed by atoms with Gasteiger partial charge in [-0.1, -0.05) is 0 Å². The van der Waals surface area contributed by atoms with Crippen LogP contribution in [0.15, 0.2) is 0 Å². The zero-order valence-electron chi connectivity index (χ0n) is 11.4. The Morgan fingerprint density at radius 3 is 2.50 bits per heavy atom. The quantitative estimate of drug-likeness (QED) is 0.478. The minimum Gasteiger partial charge on any atom is -0.390 e. The first-order valence-electron chi connectivity index (χ1n) is 7.17. The van der Waals surface area contributed by atoms with Gasteiger partial charge in [0, 0.05) is 16.9 Å². The molecule has 4 atom stereocenters. The molecule has 2 unspecified atom stereocenters. The van der Waals surface area contributed by atoms with Gasteiger partial charge < -0.3 is 10.1 Å². The van der Waals surface area contributed by atoms with Crippen LogP contribution < -0.4 is 0 Å². The van der Waals surface area contributed by atoms with Crippen molar-refractivity contribution in [3.05, 3.63) is 15.9 Å². The van der Waals surface area contributed by atoms with E-state index in [0.29, 0.717) is 17.7 Å². The molecule has 5 rings (SSSR count). The summed E-state index contributed by atoms with van der Waals surface area (Å²) in [5.74, 6) is 1.62. The lowest BCUT2D eigenvalue weighted by Crippen LogP contribution is -2.58. The molecule has 0 saturated heterocycles. The average molecular weight is 297 g/mol. The Morgan fingerprint density at radius 2 is 2.00 bits per heavy atom. The summed E-state index contributed by atoms with van der Waals surface area (Å²) in [7, 11) is 0. The Balaban J connectivity index is 1.79. The van der Waals surface area contributed by atoms with Crippen LogP contribution >= 0.6 is 11.6 Å². The van der Waals surface area contributed by atoms with Crippen LogP contribution in [0.3, 0.4) is 0 Å². The fourth-order valence-corrected chi connectivity index (χ4v) is 5.94. The molecular weight excluding hydrogens is 280 g/mol. The molecule has 4 fully saturated rings. The largest absolute Gasteiger partial charge is 0.491 e. The lowest BCUT2D eigenvalue weighted by Gasteiger charge is -2.59. The van der Waals surface area contributed by atoms with Gasteiger partial charge in [-0.3, -0.25) is 0 Å². The van der Waals surface area contributed by atoms with Crippen LogP contribution in [0.4, 0.5) is 5.95 Å². The summed E-state index contributed by atoms with van der Waals surface area (Å²) in [6, 6.07) is 0. The molecule has 108 valence electrons. The molecule has 6 nitrogen and oxygen atoms in total. The predicted octanol–water partition coefficient (Wildman–Crippen LogP) is 2.78. The third-order valence-electron chi connectivity index (χ3n) is 5.33. The van der Waals surface area contributed by atoms with Crippen molar-refractivity contribution in [1.29, 1.82) is 0 Å². The molecule has 20 heavy (non-hydrogen) atoms. The highest BCUT2D eigenvalue weighted by molar-refractivity contribution is 6.24. The van der Waals surface area contributed by atoms with Crippen molar-refractivity contribution >= 4 is 17.5 Å². The second-order valence-electron chi connectivity index (χ2n) is 6.96. The Labute approximate surface area is 121 Å². The molecule has 0 amide bonds. The van der Waals surface area contributed by atoms with Crippen LogP contribution in [0.25, 0.3) is 0 Å². The van der Waals surface area contributed by atoms with Gasteiger partial charge in [-0.05, 0) is 60.3 Å². The number of hydrogen-bond acceptors (Lipinski definition) is 4. The van der Waals surface area contributed by atoms with Gasteiger partial charge in [-0.2, -0.15) is 4.68 Å². The van der Waals surface area contributed by atoms with Crippen LogP contribution in [0.2, 0.25) is 0 Å². The van der Waals surface area contributed by atoms with E-state index in [2.05, 4.69) is 10.1 Å². The van der Waals surface area contributed by atoms with Crippen LogP contribution in [-0.4, -0.2) is 24.6 Å². The third-order valence-corrected chi connectivity index (χ3v) is 5.77. The first kappa shape index (κ1) is 12.6. The highest BCUT2D eigenvalue weighted by atomic mass is 35.5. The Morgan fingerprint density at radius 1 is 1.35 bits per heavy atom. The van der Waals surface area contributed by atoms with E-state index in [1.807, 2.05) is 4.68 Å². The lowest BCUT2D eigenvalue weighted by molar-refractivity contribution is -0.394. The smallest absolute Gasteiger partial charge is 0.390 e. The van der Waals surface area contributed by atoms with Gasteiger partial charge in [-0.25, -0.2) is 0 Å². The second kappa shape index (κ2) is 3.72. The molecule has 7 heteroatoms. The van der Waals surface area contributed by atoms with Crippen LogP contribution in [0.5, 0.6) is 0 Å². The van der Waals surface area contributed by atoms with Crippen molar-refractivity contribution in [2.24, 2.45) is 11.8 Å². The number of halogens is 1. The van der Waals surface area contributed by atoms with Gasteiger partial charge in [0.05, 0.1) is 5.54 Å². The molecule has 0 aliphatic heterocycles. The number of alkyl halides is 1. The maximum Gasteiger partial charge on any atom is 0.491 e. The lowest BCUT2D eigenvalue weighted by atomic mass is 9.52. The van der Waals surface area contributed by atoms with E-state index in [9.17, 15) is 10.1 Å². The average Bonchev–Trinajstić information content (AvgIpc) is 2.68. The monoisotopic (exact) mass is 296 g/mol. The highest BCUT2D eigenvalue weighted by Crippen LogP contribution is 2.62. The standard InChI is InChI=1S/C13H17ClN4O2/c1-8-15-11(18(19)20)16-17(8)13-5-9-2-10(6-13)4-12(14,3-9)7-13/h9-10H,2-7H2,1H3/t9-,10+,12?,13?. The number of rotatable bonds is 2. The summed E-state index contributed by atoms with van der Waals surface area (Å²) in [5, 5.41) is 15.1. The molecule has 0 spiro atoms. The highest BCUT2D eigenvalue weighted by Gasteiger charge is 2.59. The van der Waals surface area contributed by atoms with Crippen molar-refractivity contribution in [3.63, 3.8) is 0 Å².